The molecule has 7 heteroatoms. The van der Waals surface area contributed by atoms with Gasteiger partial charge in [0.2, 0.25) is 10.0 Å². The zero-order chi connectivity index (χ0) is 11.8. The van der Waals surface area contributed by atoms with Gasteiger partial charge in [0.25, 0.3) is 0 Å². The van der Waals surface area contributed by atoms with E-state index in [1.165, 1.54) is 6.20 Å². The number of sulfonamides is 1. The molecule has 16 heavy (non-hydrogen) atoms. The highest BCUT2D eigenvalue weighted by Crippen LogP contribution is 2.25. The van der Waals surface area contributed by atoms with Crippen LogP contribution in [0.1, 0.15) is 0 Å². The maximum atomic E-state index is 11.3. The lowest BCUT2D eigenvalue weighted by Crippen LogP contribution is -2.12. The maximum absolute atomic E-state index is 11.3. The molecule has 0 aliphatic carbocycles. The Kier molecular flexibility index (Phi) is 2.71. The SMILES string of the molecule is NS(=O)(=O)c1cn[nH]c1-c1cccc(Cl)c1. The summed E-state index contributed by atoms with van der Waals surface area (Å²) < 4.78 is 22.5. The molecule has 0 spiro atoms. The number of nitrogens with two attached hydrogens (primary N) is 1. The van der Waals surface area contributed by atoms with Gasteiger partial charge in [0.1, 0.15) is 4.90 Å². The molecule has 84 valence electrons. The molecule has 0 atom stereocenters. The summed E-state index contributed by atoms with van der Waals surface area (Å²) in [5.41, 5.74) is 0.957. The van der Waals surface area contributed by atoms with Crippen molar-refractivity contribution in [2.75, 3.05) is 0 Å². The van der Waals surface area contributed by atoms with Gasteiger partial charge in [-0.2, -0.15) is 5.10 Å². The Hall–Kier alpha value is -1.37. The van der Waals surface area contributed by atoms with E-state index in [1.807, 2.05) is 0 Å². The average Bonchev–Trinajstić information content (AvgIpc) is 2.65. The Bertz CT molecular complexity index is 621. The normalized spacial score (nSPS) is 11.6. The number of nitrogens with zero attached hydrogens (tertiary/aromatic N) is 1. The highest BCUT2D eigenvalue weighted by Gasteiger charge is 2.17. The van der Waals surface area contributed by atoms with Crippen LogP contribution in [-0.2, 0) is 10.0 Å². The third-order valence-electron chi connectivity index (χ3n) is 2.02. The molecular formula is C9H8ClN3O2S. The van der Waals surface area contributed by atoms with Crippen molar-refractivity contribution in [3.63, 3.8) is 0 Å². The van der Waals surface area contributed by atoms with Crippen molar-refractivity contribution < 1.29 is 8.42 Å². The molecule has 5 nitrogen and oxygen atoms in total. The molecule has 2 rings (SSSR count). The molecule has 1 aromatic carbocycles. The van der Waals surface area contributed by atoms with Crippen LogP contribution < -0.4 is 5.14 Å². The van der Waals surface area contributed by atoms with Crippen molar-refractivity contribution in [1.82, 2.24) is 10.2 Å². The minimum Gasteiger partial charge on any atom is -0.276 e. The van der Waals surface area contributed by atoms with E-state index in [0.29, 0.717) is 16.3 Å². The van der Waals surface area contributed by atoms with Crippen LogP contribution in [0.4, 0.5) is 0 Å². The molecule has 0 fully saturated rings. The molecular weight excluding hydrogens is 250 g/mol. The molecule has 0 saturated carbocycles. The molecule has 0 aliphatic rings. The topological polar surface area (TPSA) is 88.8 Å². The summed E-state index contributed by atoms with van der Waals surface area (Å²) in [6.07, 6.45) is 1.17. The quantitative estimate of drug-likeness (QED) is 0.852. The van der Waals surface area contributed by atoms with E-state index < -0.39 is 10.0 Å². The fraction of sp³-hybridized carbons (Fsp3) is 0. The third kappa shape index (κ3) is 2.08. The Labute approximate surface area is 97.3 Å². The summed E-state index contributed by atoms with van der Waals surface area (Å²) in [5, 5.41) is 11.8. The predicted molar refractivity (Wildman–Crippen MR) is 60.4 cm³/mol. The third-order valence-corrected chi connectivity index (χ3v) is 3.18. The Morgan fingerprint density at radius 2 is 2.12 bits per heavy atom. The first-order valence-corrected chi connectivity index (χ1v) is 6.23. The number of H-pyrrole nitrogens is 1. The number of benzene rings is 1. The molecule has 2 aromatic rings. The van der Waals surface area contributed by atoms with E-state index in [1.54, 1.807) is 24.3 Å². The van der Waals surface area contributed by atoms with Crippen molar-refractivity contribution >= 4 is 21.6 Å². The van der Waals surface area contributed by atoms with Crippen LogP contribution >= 0.6 is 11.6 Å². The molecule has 0 aliphatic heterocycles. The zero-order valence-corrected chi connectivity index (χ0v) is 9.59. The van der Waals surface area contributed by atoms with Gasteiger partial charge in [-0.25, -0.2) is 13.6 Å². The van der Waals surface area contributed by atoms with Crippen molar-refractivity contribution in [2.45, 2.75) is 4.90 Å². The highest BCUT2D eigenvalue weighted by atomic mass is 35.5. The van der Waals surface area contributed by atoms with Gasteiger partial charge in [-0.15, -0.1) is 0 Å². The molecule has 1 aromatic heterocycles. The van der Waals surface area contributed by atoms with Crippen LogP contribution in [0.3, 0.4) is 0 Å². The summed E-state index contributed by atoms with van der Waals surface area (Å²) in [4.78, 5) is -0.0465. The Morgan fingerprint density at radius 1 is 1.38 bits per heavy atom. The molecule has 3 N–H and O–H groups in total. The van der Waals surface area contributed by atoms with Gasteiger partial charge in [0.05, 0.1) is 11.9 Å². The number of aromatic amines is 1. The van der Waals surface area contributed by atoms with Crippen LogP contribution in [0.15, 0.2) is 35.4 Å². The molecule has 0 unspecified atom stereocenters. The van der Waals surface area contributed by atoms with Crippen molar-refractivity contribution in [1.29, 1.82) is 0 Å². The number of hydrogen-bond donors (Lipinski definition) is 2. The summed E-state index contributed by atoms with van der Waals surface area (Å²) in [6.45, 7) is 0. The first-order valence-electron chi connectivity index (χ1n) is 4.30. The first kappa shape index (κ1) is 11.1. The van der Waals surface area contributed by atoms with Crippen LogP contribution in [0.5, 0.6) is 0 Å². The van der Waals surface area contributed by atoms with E-state index in [9.17, 15) is 8.42 Å². The number of hydrogen-bond acceptors (Lipinski definition) is 3. The number of aromatic nitrogens is 2. The van der Waals surface area contributed by atoms with Crippen LogP contribution in [-0.4, -0.2) is 18.6 Å². The average molecular weight is 258 g/mol. The fourth-order valence-electron chi connectivity index (χ4n) is 1.34. The Morgan fingerprint density at radius 3 is 2.75 bits per heavy atom. The first-order chi connectivity index (χ1) is 7.48. The van der Waals surface area contributed by atoms with Gasteiger partial charge in [0, 0.05) is 10.6 Å². The lowest BCUT2D eigenvalue weighted by molar-refractivity contribution is 0.598. The second-order valence-electron chi connectivity index (χ2n) is 3.16. The summed E-state index contributed by atoms with van der Waals surface area (Å²) in [6, 6.07) is 6.75. The lowest BCUT2D eigenvalue weighted by Gasteiger charge is -2.01. The molecule has 0 amide bonds. The van der Waals surface area contributed by atoms with Gasteiger partial charge >= 0.3 is 0 Å². The predicted octanol–water partition coefficient (Wildman–Crippen LogP) is 1.38. The van der Waals surface area contributed by atoms with E-state index in [-0.39, 0.29) is 4.90 Å². The lowest BCUT2D eigenvalue weighted by atomic mass is 10.2. The molecule has 0 radical (unpaired) electrons. The van der Waals surface area contributed by atoms with Crippen molar-refractivity contribution in [3.8, 4) is 11.3 Å². The second kappa shape index (κ2) is 3.89. The standard InChI is InChI=1S/C9H8ClN3O2S/c10-7-3-1-2-6(4-7)9-8(5-12-13-9)16(11,14)15/h1-5H,(H,12,13)(H2,11,14,15). The van der Waals surface area contributed by atoms with Gasteiger partial charge in [0.15, 0.2) is 0 Å². The Balaban J connectivity index is 2.62. The van der Waals surface area contributed by atoms with Gasteiger partial charge in [-0.05, 0) is 12.1 Å². The number of halogens is 1. The monoisotopic (exact) mass is 257 g/mol. The smallest absolute Gasteiger partial charge is 0.241 e. The van der Waals surface area contributed by atoms with E-state index in [0.717, 1.165) is 0 Å². The summed E-state index contributed by atoms with van der Waals surface area (Å²) >= 11 is 5.81. The fourth-order valence-corrected chi connectivity index (χ4v) is 2.18. The second-order valence-corrected chi connectivity index (χ2v) is 5.13. The molecule has 1 heterocycles. The van der Waals surface area contributed by atoms with Crippen LogP contribution in [0.2, 0.25) is 5.02 Å². The minimum atomic E-state index is -3.79. The van der Waals surface area contributed by atoms with Crippen molar-refractivity contribution in [3.05, 3.63) is 35.5 Å². The van der Waals surface area contributed by atoms with Gasteiger partial charge in [-0.3, -0.25) is 5.10 Å². The number of rotatable bonds is 2. The summed E-state index contributed by atoms with van der Waals surface area (Å²) in [5.74, 6) is 0. The van der Waals surface area contributed by atoms with E-state index in [4.69, 9.17) is 16.7 Å². The van der Waals surface area contributed by atoms with Crippen LogP contribution in [0, 0.1) is 0 Å². The highest BCUT2D eigenvalue weighted by molar-refractivity contribution is 7.89. The maximum Gasteiger partial charge on any atom is 0.241 e. The molecule has 0 bridgehead atoms. The van der Waals surface area contributed by atoms with E-state index in [2.05, 4.69) is 10.2 Å². The van der Waals surface area contributed by atoms with Gasteiger partial charge < -0.3 is 0 Å². The minimum absolute atomic E-state index is 0.0465. The van der Waals surface area contributed by atoms with Crippen LogP contribution in [0.25, 0.3) is 11.3 Å². The largest absolute Gasteiger partial charge is 0.276 e. The number of primary sulfonamides is 1. The van der Waals surface area contributed by atoms with Gasteiger partial charge in [-0.1, -0.05) is 23.7 Å². The number of nitrogens with one attached hydrogen (secondary N) is 1. The van der Waals surface area contributed by atoms with E-state index >= 15 is 0 Å². The van der Waals surface area contributed by atoms with Crippen molar-refractivity contribution in [2.24, 2.45) is 5.14 Å². The molecule has 0 saturated heterocycles. The summed E-state index contributed by atoms with van der Waals surface area (Å²) in [7, 11) is -3.79. The zero-order valence-electron chi connectivity index (χ0n) is 8.01.